The number of hydroxylamine groups is 2. The molecule has 0 radical (unpaired) electrons. The number of nitrogens with zero attached hydrogens (tertiary/aromatic N) is 2. The molecule has 0 amide bonds. The van der Waals surface area contributed by atoms with Crippen LogP contribution in [-0.2, 0) is 0 Å². The first-order valence-corrected chi connectivity index (χ1v) is 2.35. The molecule has 0 aromatic carbocycles. The predicted octanol–water partition coefficient (Wildman–Crippen LogP) is 0.565. The van der Waals surface area contributed by atoms with E-state index in [1.54, 1.807) is 23.5 Å². The zero-order chi connectivity index (χ0) is 5.98. The van der Waals surface area contributed by atoms with Crippen molar-refractivity contribution in [1.82, 2.24) is 9.96 Å². The molecule has 3 nitrogen and oxygen atoms in total. The van der Waals surface area contributed by atoms with Crippen molar-refractivity contribution in [2.45, 2.75) is 0 Å². The van der Waals surface area contributed by atoms with E-state index in [1.165, 1.54) is 0 Å². The molecule has 0 aliphatic carbocycles. The van der Waals surface area contributed by atoms with Crippen molar-refractivity contribution in [3.63, 3.8) is 0 Å². The highest BCUT2D eigenvalue weighted by Gasteiger charge is 2.03. The fraction of sp³-hybridized carbons (Fsp3) is 0.200. The summed E-state index contributed by atoms with van der Waals surface area (Å²) in [6.07, 6.45) is 4.96. The second-order valence-electron chi connectivity index (χ2n) is 1.58. The van der Waals surface area contributed by atoms with Gasteiger partial charge in [-0.25, -0.2) is 5.06 Å². The average molecular weight is 112 g/mol. The lowest BCUT2D eigenvalue weighted by molar-refractivity contribution is -0.0488. The van der Waals surface area contributed by atoms with Crippen LogP contribution >= 0.6 is 0 Å². The van der Waals surface area contributed by atoms with Crippen LogP contribution in [0.2, 0.25) is 0 Å². The Morgan fingerprint density at radius 2 is 2.38 bits per heavy atom. The van der Waals surface area contributed by atoms with E-state index in [2.05, 4.69) is 6.58 Å². The molecule has 0 spiro atoms. The van der Waals surface area contributed by atoms with Gasteiger partial charge >= 0.3 is 0 Å². The van der Waals surface area contributed by atoms with Crippen LogP contribution in [-0.4, -0.2) is 21.8 Å². The third-order valence-corrected chi connectivity index (χ3v) is 0.973. The summed E-state index contributed by atoms with van der Waals surface area (Å²) in [5.41, 5.74) is 0. The maximum atomic E-state index is 8.69. The summed E-state index contributed by atoms with van der Waals surface area (Å²) in [6.45, 7) is 4.00. The van der Waals surface area contributed by atoms with Gasteiger partial charge in [0.15, 0.2) is 0 Å². The van der Waals surface area contributed by atoms with Gasteiger partial charge in [-0.05, 0) is 6.20 Å². The number of rotatable bonds is 1. The van der Waals surface area contributed by atoms with E-state index >= 15 is 0 Å². The Labute approximate surface area is 48.1 Å². The Morgan fingerprint density at radius 3 is 2.62 bits per heavy atom. The molecular formula is C5H8N2O. The zero-order valence-electron chi connectivity index (χ0n) is 4.49. The Hall–Kier alpha value is -0.960. The minimum absolute atomic E-state index is 0.490. The smallest absolute Gasteiger partial charge is 0.119 e. The predicted molar refractivity (Wildman–Crippen MR) is 29.7 cm³/mol. The van der Waals surface area contributed by atoms with Crippen LogP contribution in [0.25, 0.3) is 0 Å². The van der Waals surface area contributed by atoms with Crippen molar-refractivity contribution in [2.75, 3.05) is 6.67 Å². The fourth-order valence-corrected chi connectivity index (χ4v) is 0.543. The lowest BCUT2D eigenvalue weighted by Crippen LogP contribution is -2.17. The normalized spacial score (nSPS) is 17.6. The minimum Gasteiger partial charge on any atom is -0.333 e. The van der Waals surface area contributed by atoms with Gasteiger partial charge < -0.3 is 4.90 Å². The maximum Gasteiger partial charge on any atom is 0.119 e. The molecule has 0 aromatic heterocycles. The van der Waals surface area contributed by atoms with Gasteiger partial charge in [-0.2, -0.15) is 0 Å². The monoisotopic (exact) mass is 112 g/mol. The fourth-order valence-electron chi connectivity index (χ4n) is 0.543. The summed E-state index contributed by atoms with van der Waals surface area (Å²) in [5.74, 6) is 0. The average Bonchev–Trinajstić information content (AvgIpc) is 2.14. The van der Waals surface area contributed by atoms with E-state index in [0.29, 0.717) is 6.67 Å². The zero-order valence-corrected chi connectivity index (χ0v) is 4.49. The van der Waals surface area contributed by atoms with Crippen LogP contribution in [0.5, 0.6) is 0 Å². The third-order valence-electron chi connectivity index (χ3n) is 0.973. The highest BCUT2D eigenvalue weighted by atomic mass is 16.5. The summed E-state index contributed by atoms with van der Waals surface area (Å²) in [7, 11) is 0. The lowest BCUT2D eigenvalue weighted by atomic mass is 10.8. The third kappa shape index (κ3) is 0.816. The Kier molecular flexibility index (Phi) is 1.22. The molecule has 0 aromatic rings. The van der Waals surface area contributed by atoms with Gasteiger partial charge in [0, 0.05) is 12.4 Å². The van der Waals surface area contributed by atoms with E-state index in [4.69, 9.17) is 5.21 Å². The Morgan fingerprint density at radius 1 is 1.62 bits per heavy atom. The lowest BCUT2D eigenvalue weighted by Gasteiger charge is -2.09. The first-order chi connectivity index (χ1) is 3.83. The molecule has 0 saturated heterocycles. The van der Waals surface area contributed by atoms with Crippen LogP contribution in [0.3, 0.4) is 0 Å². The van der Waals surface area contributed by atoms with E-state index in [1.807, 2.05) is 0 Å². The van der Waals surface area contributed by atoms with Crippen molar-refractivity contribution in [1.29, 1.82) is 0 Å². The number of hydrogen-bond donors (Lipinski definition) is 1. The van der Waals surface area contributed by atoms with Crippen molar-refractivity contribution in [3.05, 3.63) is 25.2 Å². The van der Waals surface area contributed by atoms with Crippen molar-refractivity contribution in [3.8, 4) is 0 Å². The summed E-state index contributed by atoms with van der Waals surface area (Å²) in [6, 6.07) is 0. The molecule has 1 heterocycles. The molecule has 1 aliphatic rings. The summed E-state index contributed by atoms with van der Waals surface area (Å²) in [4.78, 5) is 1.76. The van der Waals surface area contributed by atoms with Crippen LogP contribution in [0.15, 0.2) is 25.2 Å². The molecule has 3 heteroatoms. The topological polar surface area (TPSA) is 26.7 Å². The van der Waals surface area contributed by atoms with Gasteiger partial charge in [0.2, 0.25) is 0 Å². The van der Waals surface area contributed by atoms with Crippen molar-refractivity contribution >= 4 is 0 Å². The highest BCUT2D eigenvalue weighted by Crippen LogP contribution is 2.01. The SMILES string of the molecule is C=CN1C=CN(O)C1. The summed E-state index contributed by atoms with van der Waals surface area (Å²) >= 11 is 0. The molecule has 8 heavy (non-hydrogen) atoms. The molecule has 0 saturated carbocycles. The van der Waals surface area contributed by atoms with E-state index in [-0.39, 0.29) is 0 Å². The van der Waals surface area contributed by atoms with Gasteiger partial charge in [0.25, 0.3) is 0 Å². The standard InChI is InChI=1S/C5H8N2O/c1-2-6-3-4-7(8)5-6/h2-4,8H,1,5H2. The molecular weight excluding hydrogens is 104 g/mol. The Balaban J connectivity index is 2.45. The molecule has 1 aliphatic heterocycles. The first-order valence-electron chi connectivity index (χ1n) is 2.35. The molecule has 44 valence electrons. The molecule has 0 bridgehead atoms. The van der Waals surface area contributed by atoms with Crippen LogP contribution in [0, 0.1) is 0 Å². The van der Waals surface area contributed by atoms with Gasteiger partial charge in [-0.1, -0.05) is 6.58 Å². The summed E-state index contributed by atoms with van der Waals surface area (Å²) < 4.78 is 0. The van der Waals surface area contributed by atoms with Gasteiger partial charge in [-0.3, -0.25) is 5.21 Å². The van der Waals surface area contributed by atoms with Crippen LogP contribution in [0.1, 0.15) is 0 Å². The largest absolute Gasteiger partial charge is 0.333 e. The number of hydrogen-bond acceptors (Lipinski definition) is 3. The van der Waals surface area contributed by atoms with Crippen LogP contribution < -0.4 is 0 Å². The van der Waals surface area contributed by atoms with Gasteiger partial charge in [0.05, 0.1) is 0 Å². The maximum absolute atomic E-state index is 8.69. The second-order valence-corrected chi connectivity index (χ2v) is 1.58. The molecule has 0 atom stereocenters. The highest BCUT2D eigenvalue weighted by molar-refractivity contribution is 4.91. The van der Waals surface area contributed by atoms with Crippen LogP contribution in [0.4, 0.5) is 0 Å². The first kappa shape index (κ1) is 5.18. The van der Waals surface area contributed by atoms with E-state index < -0.39 is 0 Å². The molecule has 0 fully saturated rings. The summed E-state index contributed by atoms with van der Waals surface area (Å²) in [5, 5.41) is 9.77. The van der Waals surface area contributed by atoms with E-state index in [0.717, 1.165) is 5.06 Å². The van der Waals surface area contributed by atoms with Crippen molar-refractivity contribution < 1.29 is 5.21 Å². The second kappa shape index (κ2) is 1.88. The van der Waals surface area contributed by atoms with Gasteiger partial charge in [0.1, 0.15) is 6.67 Å². The molecule has 1 N–H and O–H groups in total. The molecule has 1 rings (SSSR count). The Bertz CT molecular complexity index is 122. The quantitative estimate of drug-likeness (QED) is 0.537. The minimum atomic E-state index is 0.490. The van der Waals surface area contributed by atoms with Crippen molar-refractivity contribution in [2.24, 2.45) is 0 Å². The van der Waals surface area contributed by atoms with Gasteiger partial charge in [-0.15, -0.1) is 0 Å². The van der Waals surface area contributed by atoms with E-state index in [9.17, 15) is 0 Å². The molecule has 0 unspecified atom stereocenters.